The van der Waals surface area contributed by atoms with Crippen LogP contribution in [0, 0.1) is 0 Å². The van der Waals surface area contributed by atoms with Gasteiger partial charge in [-0.1, -0.05) is 6.07 Å². The largest absolute Gasteiger partial charge is 0.493 e. The Kier molecular flexibility index (Phi) is 4.96. The van der Waals surface area contributed by atoms with Crippen LogP contribution < -0.4 is 14.8 Å². The third kappa shape index (κ3) is 3.80. The minimum atomic E-state index is 0.334. The van der Waals surface area contributed by atoms with Gasteiger partial charge >= 0.3 is 0 Å². The zero-order valence-electron chi connectivity index (χ0n) is 13.0. The van der Waals surface area contributed by atoms with Crippen molar-refractivity contribution >= 4 is 0 Å². The van der Waals surface area contributed by atoms with Crippen LogP contribution in [0.4, 0.5) is 0 Å². The third-order valence-electron chi connectivity index (χ3n) is 4.00. The Bertz CT molecular complexity index is 578. The van der Waals surface area contributed by atoms with E-state index >= 15 is 0 Å². The Hall–Kier alpha value is -2.01. The van der Waals surface area contributed by atoms with Gasteiger partial charge in [-0.2, -0.15) is 0 Å². The molecule has 22 heavy (non-hydrogen) atoms. The predicted molar refractivity (Wildman–Crippen MR) is 85.0 cm³/mol. The second-order valence-electron chi connectivity index (χ2n) is 5.65. The van der Waals surface area contributed by atoms with Gasteiger partial charge in [0.1, 0.15) is 5.82 Å². The Balaban J connectivity index is 1.61. The fraction of sp³-hybridized carbons (Fsp3) is 0.471. The lowest BCUT2D eigenvalue weighted by molar-refractivity contribution is 0.200. The number of rotatable bonds is 7. The van der Waals surface area contributed by atoms with E-state index in [1.165, 1.54) is 18.4 Å². The molecule has 118 valence electrons. The molecule has 2 aromatic rings. The number of nitrogens with zero attached hydrogens (tertiary/aromatic N) is 1. The molecule has 1 fully saturated rings. The first-order valence-corrected chi connectivity index (χ1v) is 7.87. The number of nitrogens with one attached hydrogen (secondary N) is 2. The monoisotopic (exact) mass is 301 g/mol. The number of ether oxygens (including phenoxy) is 2. The summed E-state index contributed by atoms with van der Waals surface area (Å²) < 4.78 is 11.5. The third-order valence-corrected chi connectivity index (χ3v) is 4.00. The highest BCUT2D eigenvalue weighted by Crippen LogP contribution is 2.32. The van der Waals surface area contributed by atoms with Gasteiger partial charge in [0.15, 0.2) is 11.5 Å². The zero-order chi connectivity index (χ0) is 15.2. The SMILES string of the molecule is COc1ccc(CNCc2ncc[nH]2)cc1OC1CCCC1. The van der Waals surface area contributed by atoms with Gasteiger partial charge in [0, 0.05) is 18.9 Å². The summed E-state index contributed by atoms with van der Waals surface area (Å²) in [5.41, 5.74) is 1.18. The minimum Gasteiger partial charge on any atom is -0.493 e. The predicted octanol–water partition coefficient (Wildman–Crippen LogP) is 3.03. The lowest BCUT2D eigenvalue weighted by atomic mass is 10.2. The fourth-order valence-electron chi connectivity index (χ4n) is 2.83. The first-order chi connectivity index (χ1) is 10.8. The van der Waals surface area contributed by atoms with E-state index in [1.54, 1.807) is 13.3 Å². The first kappa shape index (κ1) is 14.9. The van der Waals surface area contributed by atoms with Gasteiger partial charge < -0.3 is 19.8 Å². The van der Waals surface area contributed by atoms with Crippen LogP contribution >= 0.6 is 0 Å². The van der Waals surface area contributed by atoms with Crippen molar-refractivity contribution in [3.63, 3.8) is 0 Å². The normalized spacial score (nSPS) is 15.1. The second kappa shape index (κ2) is 7.31. The summed E-state index contributed by atoms with van der Waals surface area (Å²) >= 11 is 0. The van der Waals surface area contributed by atoms with E-state index in [9.17, 15) is 0 Å². The summed E-state index contributed by atoms with van der Waals surface area (Å²) in [6.07, 6.45) is 8.74. The van der Waals surface area contributed by atoms with E-state index < -0.39 is 0 Å². The molecule has 0 unspecified atom stereocenters. The maximum atomic E-state index is 6.12. The topological polar surface area (TPSA) is 59.2 Å². The fourth-order valence-corrected chi connectivity index (χ4v) is 2.83. The number of H-pyrrole nitrogens is 1. The Labute approximate surface area is 131 Å². The quantitative estimate of drug-likeness (QED) is 0.825. The lowest BCUT2D eigenvalue weighted by Crippen LogP contribution is -2.15. The molecular weight excluding hydrogens is 278 g/mol. The molecule has 5 nitrogen and oxygen atoms in total. The van der Waals surface area contributed by atoms with Crippen molar-refractivity contribution in [1.82, 2.24) is 15.3 Å². The van der Waals surface area contributed by atoms with Gasteiger partial charge in [-0.15, -0.1) is 0 Å². The van der Waals surface area contributed by atoms with E-state index in [-0.39, 0.29) is 0 Å². The molecule has 5 heteroatoms. The van der Waals surface area contributed by atoms with Crippen molar-refractivity contribution in [2.45, 2.75) is 44.9 Å². The Morgan fingerprint density at radius 2 is 2.09 bits per heavy atom. The highest BCUT2D eigenvalue weighted by atomic mass is 16.5. The molecule has 0 bridgehead atoms. The second-order valence-corrected chi connectivity index (χ2v) is 5.65. The summed E-state index contributed by atoms with van der Waals surface area (Å²) in [6, 6.07) is 6.12. The zero-order valence-corrected chi connectivity index (χ0v) is 13.0. The van der Waals surface area contributed by atoms with Crippen LogP contribution in [0.5, 0.6) is 11.5 Å². The molecule has 0 atom stereocenters. The van der Waals surface area contributed by atoms with E-state index in [2.05, 4.69) is 27.4 Å². The molecule has 3 rings (SSSR count). The number of hydrogen-bond donors (Lipinski definition) is 2. The van der Waals surface area contributed by atoms with E-state index in [4.69, 9.17) is 9.47 Å². The summed E-state index contributed by atoms with van der Waals surface area (Å²) in [6.45, 7) is 1.49. The van der Waals surface area contributed by atoms with Crippen LogP contribution in [0.15, 0.2) is 30.6 Å². The van der Waals surface area contributed by atoms with Gasteiger partial charge in [0.05, 0.1) is 19.8 Å². The van der Waals surface area contributed by atoms with Gasteiger partial charge in [-0.05, 0) is 43.4 Å². The van der Waals surface area contributed by atoms with Crippen molar-refractivity contribution in [1.29, 1.82) is 0 Å². The highest BCUT2D eigenvalue weighted by Gasteiger charge is 2.18. The van der Waals surface area contributed by atoms with Crippen LogP contribution in [0.2, 0.25) is 0 Å². The minimum absolute atomic E-state index is 0.334. The van der Waals surface area contributed by atoms with Crippen LogP contribution in [-0.2, 0) is 13.1 Å². The number of imidazole rings is 1. The van der Waals surface area contributed by atoms with Crippen LogP contribution in [0.1, 0.15) is 37.1 Å². The average Bonchev–Trinajstić information content (AvgIpc) is 3.21. The summed E-state index contributed by atoms with van der Waals surface area (Å²) in [4.78, 5) is 7.28. The van der Waals surface area contributed by atoms with Crippen molar-refractivity contribution in [2.75, 3.05) is 7.11 Å². The van der Waals surface area contributed by atoms with E-state index in [0.717, 1.165) is 43.3 Å². The van der Waals surface area contributed by atoms with Crippen LogP contribution in [0.3, 0.4) is 0 Å². The summed E-state index contributed by atoms with van der Waals surface area (Å²) in [5, 5.41) is 3.37. The number of hydrogen-bond acceptors (Lipinski definition) is 4. The summed E-state index contributed by atoms with van der Waals surface area (Å²) in [7, 11) is 1.69. The van der Waals surface area contributed by atoms with Crippen molar-refractivity contribution in [2.24, 2.45) is 0 Å². The number of methoxy groups -OCH3 is 1. The van der Waals surface area contributed by atoms with Crippen molar-refractivity contribution in [3.8, 4) is 11.5 Å². The molecule has 1 aliphatic carbocycles. The van der Waals surface area contributed by atoms with Gasteiger partial charge in [-0.25, -0.2) is 4.98 Å². The number of aromatic nitrogens is 2. The van der Waals surface area contributed by atoms with Crippen LogP contribution in [0.25, 0.3) is 0 Å². The Morgan fingerprint density at radius 1 is 1.23 bits per heavy atom. The molecule has 0 aliphatic heterocycles. The maximum Gasteiger partial charge on any atom is 0.161 e. The Morgan fingerprint density at radius 3 is 2.82 bits per heavy atom. The smallest absolute Gasteiger partial charge is 0.161 e. The molecular formula is C17H23N3O2. The number of aromatic amines is 1. The van der Waals surface area contributed by atoms with Crippen molar-refractivity contribution < 1.29 is 9.47 Å². The molecule has 1 aromatic carbocycles. The van der Waals surface area contributed by atoms with E-state index in [1.807, 2.05) is 12.3 Å². The molecule has 1 heterocycles. The molecule has 0 spiro atoms. The van der Waals surface area contributed by atoms with Gasteiger partial charge in [0.2, 0.25) is 0 Å². The standard InChI is InChI=1S/C17H23N3O2/c1-21-15-7-6-13(11-18-12-17-19-8-9-20-17)10-16(15)22-14-4-2-3-5-14/h6-10,14,18H,2-5,11-12H2,1H3,(H,19,20). The van der Waals surface area contributed by atoms with Crippen LogP contribution in [-0.4, -0.2) is 23.2 Å². The average molecular weight is 301 g/mol. The maximum absolute atomic E-state index is 6.12. The molecule has 1 saturated carbocycles. The van der Waals surface area contributed by atoms with E-state index in [0.29, 0.717) is 6.10 Å². The highest BCUT2D eigenvalue weighted by molar-refractivity contribution is 5.43. The van der Waals surface area contributed by atoms with Gasteiger partial charge in [0.25, 0.3) is 0 Å². The first-order valence-electron chi connectivity index (χ1n) is 7.87. The molecule has 2 N–H and O–H groups in total. The molecule has 0 radical (unpaired) electrons. The van der Waals surface area contributed by atoms with Crippen molar-refractivity contribution in [3.05, 3.63) is 42.0 Å². The molecule has 0 amide bonds. The molecule has 0 saturated heterocycles. The van der Waals surface area contributed by atoms with Gasteiger partial charge in [-0.3, -0.25) is 0 Å². The lowest BCUT2D eigenvalue weighted by Gasteiger charge is -2.17. The molecule has 1 aromatic heterocycles. The summed E-state index contributed by atoms with van der Waals surface area (Å²) in [5.74, 6) is 2.60. The molecule has 1 aliphatic rings. The number of benzene rings is 1.